The van der Waals surface area contributed by atoms with Crippen LogP contribution in [-0.2, 0) is 11.2 Å². The predicted molar refractivity (Wildman–Crippen MR) is 144 cm³/mol. The number of rotatable bonds is 14. The van der Waals surface area contributed by atoms with Crippen LogP contribution in [0.4, 0.5) is 0 Å². The van der Waals surface area contributed by atoms with Crippen LogP contribution in [0.15, 0.2) is 60.9 Å². The molecule has 3 rings (SSSR count). The van der Waals surface area contributed by atoms with Crippen LogP contribution in [0.3, 0.4) is 0 Å². The van der Waals surface area contributed by atoms with Crippen LogP contribution >= 0.6 is 0 Å². The van der Waals surface area contributed by atoms with E-state index in [1.54, 1.807) is 12.4 Å². The highest BCUT2D eigenvalue weighted by Gasteiger charge is 2.17. The van der Waals surface area contributed by atoms with Gasteiger partial charge in [0, 0.05) is 18.0 Å². The largest absolute Gasteiger partial charge is 0.459 e. The SMILES string of the molecule is CCCCCCC[C@H](C)OC(=O)c1cnc(-c2c(CCCCC)cccc2-c2ccccc2)nc1. The molecule has 0 fully saturated rings. The lowest BCUT2D eigenvalue weighted by molar-refractivity contribution is 0.0318. The third-order valence-electron chi connectivity index (χ3n) is 6.42. The van der Waals surface area contributed by atoms with Gasteiger partial charge in [-0.15, -0.1) is 0 Å². The van der Waals surface area contributed by atoms with Gasteiger partial charge in [-0.1, -0.05) is 101 Å². The fourth-order valence-corrected chi connectivity index (χ4v) is 4.40. The number of aromatic nitrogens is 2. The number of aryl methyl sites for hydroxylation is 1. The molecule has 0 spiro atoms. The number of carbonyl (C=O) groups is 1. The number of esters is 1. The van der Waals surface area contributed by atoms with E-state index in [2.05, 4.69) is 54.1 Å². The minimum atomic E-state index is -0.350. The van der Waals surface area contributed by atoms with Crippen LogP contribution < -0.4 is 0 Å². The van der Waals surface area contributed by atoms with Crippen LogP contribution in [0, 0.1) is 0 Å². The summed E-state index contributed by atoms with van der Waals surface area (Å²) in [4.78, 5) is 21.9. The first kappa shape index (κ1) is 26.6. The molecule has 35 heavy (non-hydrogen) atoms. The molecule has 3 aromatic rings. The van der Waals surface area contributed by atoms with Gasteiger partial charge in [-0.25, -0.2) is 14.8 Å². The van der Waals surface area contributed by atoms with Crippen molar-refractivity contribution >= 4 is 5.97 Å². The monoisotopic (exact) mass is 472 g/mol. The van der Waals surface area contributed by atoms with E-state index < -0.39 is 0 Å². The van der Waals surface area contributed by atoms with Crippen LogP contribution in [-0.4, -0.2) is 22.0 Å². The summed E-state index contributed by atoms with van der Waals surface area (Å²) < 4.78 is 5.65. The van der Waals surface area contributed by atoms with E-state index in [4.69, 9.17) is 4.74 Å². The second-order valence-corrected chi connectivity index (χ2v) is 9.38. The van der Waals surface area contributed by atoms with E-state index in [0.717, 1.165) is 42.4 Å². The van der Waals surface area contributed by atoms with Crippen molar-refractivity contribution in [3.8, 4) is 22.5 Å². The van der Waals surface area contributed by atoms with Crippen molar-refractivity contribution in [1.82, 2.24) is 9.97 Å². The average molecular weight is 473 g/mol. The molecular formula is C31H40N2O2. The van der Waals surface area contributed by atoms with Crippen molar-refractivity contribution in [2.45, 2.75) is 91.1 Å². The summed E-state index contributed by atoms with van der Waals surface area (Å²) in [5.41, 5.74) is 4.95. The number of carbonyl (C=O) groups excluding carboxylic acids is 1. The van der Waals surface area contributed by atoms with E-state index in [0.29, 0.717) is 11.4 Å². The third kappa shape index (κ3) is 8.02. The van der Waals surface area contributed by atoms with Gasteiger partial charge in [0.15, 0.2) is 5.82 Å². The Morgan fingerprint density at radius 1 is 0.829 bits per heavy atom. The standard InChI is InChI=1S/C31H40N2O2/c1-4-6-8-9-12-16-24(3)35-31(34)27-22-32-30(33-23-27)29-26(19-11-7-5-2)20-15-21-28(29)25-17-13-10-14-18-25/h10,13-15,17-18,20-24H,4-9,11-12,16,19H2,1-3H3/t24-/m0/s1. The summed E-state index contributed by atoms with van der Waals surface area (Å²) in [6.07, 6.45) is 14.5. The highest BCUT2D eigenvalue weighted by molar-refractivity contribution is 5.89. The Balaban J connectivity index is 1.76. The molecule has 0 radical (unpaired) electrons. The molecule has 0 unspecified atom stereocenters. The maximum Gasteiger partial charge on any atom is 0.341 e. The first-order valence-electron chi connectivity index (χ1n) is 13.3. The molecule has 186 valence electrons. The summed E-state index contributed by atoms with van der Waals surface area (Å²) in [5, 5.41) is 0. The van der Waals surface area contributed by atoms with Gasteiger partial charge in [0.2, 0.25) is 0 Å². The van der Waals surface area contributed by atoms with Gasteiger partial charge in [0.05, 0.1) is 11.7 Å². The maximum atomic E-state index is 12.7. The number of ether oxygens (including phenoxy) is 1. The molecular weight excluding hydrogens is 432 g/mol. The average Bonchev–Trinajstić information content (AvgIpc) is 2.89. The first-order chi connectivity index (χ1) is 17.1. The topological polar surface area (TPSA) is 52.1 Å². The summed E-state index contributed by atoms with van der Waals surface area (Å²) in [6.45, 7) is 6.40. The van der Waals surface area contributed by atoms with Crippen molar-refractivity contribution in [2.75, 3.05) is 0 Å². The molecule has 4 nitrogen and oxygen atoms in total. The minimum absolute atomic E-state index is 0.104. The van der Waals surface area contributed by atoms with Gasteiger partial charge < -0.3 is 4.74 Å². The Hall–Kier alpha value is -3.01. The molecule has 0 aliphatic rings. The van der Waals surface area contributed by atoms with Gasteiger partial charge >= 0.3 is 5.97 Å². The fraction of sp³-hybridized carbons (Fsp3) is 0.452. The second kappa shape index (κ2) is 14.4. The summed E-state index contributed by atoms with van der Waals surface area (Å²) in [7, 11) is 0. The smallest absolute Gasteiger partial charge is 0.341 e. The Morgan fingerprint density at radius 2 is 1.51 bits per heavy atom. The Bertz CT molecular complexity index is 1030. The van der Waals surface area contributed by atoms with Gasteiger partial charge in [-0.3, -0.25) is 0 Å². The molecule has 0 saturated heterocycles. The highest BCUT2D eigenvalue weighted by Crippen LogP contribution is 2.34. The first-order valence-corrected chi connectivity index (χ1v) is 13.3. The summed E-state index contributed by atoms with van der Waals surface area (Å²) >= 11 is 0. The molecule has 1 aromatic heterocycles. The number of hydrogen-bond acceptors (Lipinski definition) is 4. The lowest BCUT2D eigenvalue weighted by atomic mass is 9.92. The molecule has 0 N–H and O–H groups in total. The number of hydrogen-bond donors (Lipinski definition) is 0. The third-order valence-corrected chi connectivity index (χ3v) is 6.42. The Kier molecular flexibility index (Phi) is 10.9. The van der Waals surface area contributed by atoms with E-state index in [1.165, 1.54) is 44.1 Å². The molecule has 1 atom stereocenters. The summed E-state index contributed by atoms with van der Waals surface area (Å²) in [6, 6.07) is 16.8. The second-order valence-electron chi connectivity index (χ2n) is 9.38. The van der Waals surface area contributed by atoms with Crippen molar-refractivity contribution in [2.24, 2.45) is 0 Å². The van der Waals surface area contributed by atoms with Gasteiger partial charge in [-0.05, 0) is 49.3 Å². The van der Waals surface area contributed by atoms with Gasteiger partial charge in [0.1, 0.15) is 0 Å². The Morgan fingerprint density at radius 3 is 2.23 bits per heavy atom. The number of benzene rings is 2. The van der Waals surface area contributed by atoms with Crippen LogP contribution in [0.1, 0.15) is 94.5 Å². The lowest BCUT2D eigenvalue weighted by Crippen LogP contribution is -2.15. The highest BCUT2D eigenvalue weighted by atomic mass is 16.5. The van der Waals surface area contributed by atoms with Crippen molar-refractivity contribution in [3.05, 3.63) is 72.1 Å². The van der Waals surface area contributed by atoms with Crippen LogP contribution in [0.25, 0.3) is 22.5 Å². The molecule has 2 aromatic carbocycles. The Labute approximate surface area is 211 Å². The van der Waals surface area contributed by atoms with Gasteiger partial charge in [-0.2, -0.15) is 0 Å². The normalized spacial score (nSPS) is 11.9. The van der Waals surface area contributed by atoms with E-state index in [1.807, 2.05) is 25.1 Å². The molecule has 0 aliphatic heterocycles. The van der Waals surface area contributed by atoms with E-state index in [-0.39, 0.29) is 12.1 Å². The molecule has 4 heteroatoms. The lowest BCUT2D eigenvalue weighted by Gasteiger charge is -2.15. The number of unbranched alkanes of at least 4 members (excludes halogenated alkanes) is 6. The molecule has 0 aliphatic carbocycles. The van der Waals surface area contributed by atoms with Crippen LogP contribution in [0.5, 0.6) is 0 Å². The van der Waals surface area contributed by atoms with Gasteiger partial charge in [0.25, 0.3) is 0 Å². The van der Waals surface area contributed by atoms with Crippen molar-refractivity contribution in [1.29, 1.82) is 0 Å². The maximum absolute atomic E-state index is 12.7. The van der Waals surface area contributed by atoms with Crippen LogP contribution in [0.2, 0.25) is 0 Å². The van der Waals surface area contributed by atoms with Crippen molar-refractivity contribution < 1.29 is 9.53 Å². The fourth-order valence-electron chi connectivity index (χ4n) is 4.40. The number of nitrogens with zero attached hydrogens (tertiary/aromatic N) is 2. The molecule has 0 saturated carbocycles. The zero-order valence-electron chi connectivity index (χ0n) is 21.6. The predicted octanol–water partition coefficient (Wildman–Crippen LogP) is 8.45. The molecule has 1 heterocycles. The van der Waals surface area contributed by atoms with Crippen molar-refractivity contribution in [3.63, 3.8) is 0 Å². The van der Waals surface area contributed by atoms with E-state index in [9.17, 15) is 4.79 Å². The summed E-state index contributed by atoms with van der Waals surface area (Å²) in [5.74, 6) is 0.300. The molecule has 0 amide bonds. The zero-order chi connectivity index (χ0) is 24.9. The quantitative estimate of drug-likeness (QED) is 0.174. The molecule has 0 bridgehead atoms. The minimum Gasteiger partial charge on any atom is -0.459 e. The van der Waals surface area contributed by atoms with E-state index >= 15 is 0 Å². The zero-order valence-corrected chi connectivity index (χ0v) is 21.6.